The van der Waals surface area contributed by atoms with Crippen molar-refractivity contribution in [2.45, 2.75) is 37.7 Å². The largest absolute Gasteiger partial charge is 0.385 e. The summed E-state index contributed by atoms with van der Waals surface area (Å²) in [6.45, 7) is 5.44. The van der Waals surface area contributed by atoms with E-state index in [0.29, 0.717) is 6.42 Å². The van der Waals surface area contributed by atoms with Gasteiger partial charge in [0.05, 0.1) is 5.60 Å². The molecule has 1 saturated heterocycles. The standard InChI is InChI=1S/C27H36N2O/c1-28-16-18-29(19-17-28)22-26-15-9-8-14-25(20-23-10-4-2-5-11-23)27(26,30)21-24-12-6-3-7-13-24/h2-7,10-13,20,26,30H,8-9,14-19,21-22H2,1H3/b25-20-. The SMILES string of the molecule is CN1CCN(CC2CCCC/C(=C/c3ccccc3)C2(O)Cc2ccccc2)CC1. The van der Waals surface area contributed by atoms with E-state index < -0.39 is 5.60 Å². The molecule has 2 aliphatic rings. The Morgan fingerprint density at radius 2 is 1.60 bits per heavy atom. The number of benzene rings is 2. The van der Waals surface area contributed by atoms with Gasteiger partial charge in [0.15, 0.2) is 0 Å². The van der Waals surface area contributed by atoms with Crippen molar-refractivity contribution in [3.8, 4) is 0 Å². The van der Waals surface area contributed by atoms with Crippen LogP contribution in [0.15, 0.2) is 66.2 Å². The quantitative estimate of drug-likeness (QED) is 0.744. The minimum Gasteiger partial charge on any atom is -0.385 e. The highest BCUT2D eigenvalue weighted by Gasteiger charge is 2.42. The molecule has 3 heteroatoms. The second-order valence-corrected chi connectivity index (χ2v) is 9.21. The summed E-state index contributed by atoms with van der Waals surface area (Å²) in [7, 11) is 2.20. The van der Waals surface area contributed by atoms with Crippen LogP contribution in [0.25, 0.3) is 6.08 Å². The van der Waals surface area contributed by atoms with Crippen LogP contribution in [0.5, 0.6) is 0 Å². The Labute approximate surface area is 182 Å². The molecule has 0 spiro atoms. The third-order valence-corrected chi connectivity index (χ3v) is 7.01. The van der Waals surface area contributed by atoms with Gasteiger partial charge in [-0.25, -0.2) is 0 Å². The van der Waals surface area contributed by atoms with Crippen LogP contribution in [0.3, 0.4) is 0 Å². The van der Waals surface area contributed by atoms with E-state index in [-0.39, 0.29) is 5.92 Å². The van der Waals surface area contributed by atoms with E-state index in [2.05, 4.69) is 83.6 Å². The zero-order valence-corrected chi connectivity index (χ0v) is 18.3. The van der Waals surface area contributed by atoms with Crippen molar-refractivity contribution in [2.75, 3.05) is 39.8 Å². The van der Waals surface area contributed by atoms with Gasteiger partial charge in [-0.1, -0.05) is 73.2 Å². The van der Waals surface area contributed by atoms with E-state index in [1.54, 1.807) is 0 Å². The maximum Gasteiger partial charge on any atom is 0.0940 e. The molecule has 30 heavy (non-hydrogen) atoms. The minimum absolute atomic E-state index is 0.263. The van der Waals surface area contributed by atoms with E-state index in [9.17, 15) is 5.11 Å². The van der Waals surface area contributed by atoms with Crippen molar-refractivity contribution < 1.29 is 5.11 Å². The number of nitrogens with zero attached hydrogens (tertiary/aromatic N) is 2. The molecule has 2 aromatic carbocycles. The Kier molecular flexibility index (Phi) is 7.04. The van der Waals surface area contributed by atoms with Crippen molar-refractivity contribution in [3.63, 3.8) is 0 Å². The second-order valence-electron chi connectivity index (χ2n) is 9.21. The fraction of sp³-hybridized carbons (Fsp3) is 0.481. The van der Waals surface area contributed by atoms with Crippen LogP contribution < -0.4 is 0 Å². The molecule has 1 aliphatic carbocycles. The molecule has 1 N–H and O–H groups in total. The van der Waals surface area contributed by atoms with Crippen molar-refractivity contribution in [2.24, 2.45) is 5.92 Å². The number of hydrogen-bond acceptors (Lipinski definition) is 3. The zero-order valence-electron chi connectivity index (χ0n) is 18.3. The molecule has 3 nitrogen and oxygen atoms in total. The number of likely N-dealkylation sites (N-methyl/N-ethyl adjacent to an activating group) is 1. The molecular weight excluding hydrogens is 368 g/mol. The molecule has 1 heterocycles. The van der Waals surface area contributed by atoms with Crippen LogP contribution in [0.1, 0.15) is 36.8 Å². The summed E-state index contributed by atoms with van der Waals surface area (Å²) >= 11 is 0. The van der Waals surface area contributed by atoms with E-state index in [4.69, 9.17) is 0 Å². The van der Waals surface area contributed by atoms with Crippen LogP contribution in [-0.4, -0.2) is 60.3 Å². The molecule has 160 valence electrons. The summed E-state index contributed by atoms with van der Waals surface area (Å²) in [5.74, 6) is 0.263. The Balaban J connectivity index is 1.66. The van der Waals surface area contributed by atoms with Gasteiger partial charge in [-0.05, 0) is 43.0 Å². The summed E-state index contributed by atoms with van der Waals surface area (Å²) in [4.78, 5) is 4.98. The molecule has 0 bridgehead atoms. The number of rotatable bonds is 5. The predicted molar refractivity (Wildman–Crippen MR) is 125 cm³/mol. The lowest BCUT2D eigenvalue weighted by Gasteiger charge is -2.42. The van der Waals surface area contributed by atoms with Crippen LogP contribution in [0.2, 0.25) is 0 Å². The third-order valence-electron chi connectivity index (χ3n) is 7.01. The highest BCUT2D eigenvalue weighted by atomic mass is 16.3. The molecule has 2 unspecified atom stereocenters. The average molecular weight is 405 g/mol. The van der Waals surface area contributed by atoms with Gasteiger partial charge in [0.25, 0.3) is 0 Å². The van der Waals surface area contributed by atoms with E-state index >= 15 is 0 Å². The number of piperazine rings is 1. The predicted octanol–water partition coefficient (Wildman–Crippen LogP) is 4.48. The molecule has 1 saturated carbocycles. The molecule has 0 radical (unpaired) electrons. The van der Waals surface area contributed by atoms with Gasteiger partial charge >= 0.3 is 0 Å². The zero-order chi connectivity index (χ0) is 20.8. The van der Waals surface area contributed by atoms with E-state index in [0.717, 1.165) is 52.0 Å². The first-order valence-electron chi connectivity index (χ1n) is 11.6. The Morgan fingerprint density at radius 1 is 0.933 bits per heavy atom. The molecule has 0 amide bonds. The monoisotopic (exact) mass is 404 g/mol. The van der Waals surface area contributed by atoms with Crippen LogP contribution in [0.4, 0.5) is 0 Å². The van der Waals surface area contributed by atoms with Crippen molar-refractivity contribution >= 4 is 6.08 Å². The first-order chi connectivity index (χ1) is 14.6. The molecule has 2 atom stereocenters. The lowest BCUT2D eigenvalue weighted by Crippen LogP contribution is -2.51. The van der Waals surface area contributed by atoms with Crippen LogP contribution >= 0.6 is 0 Å². The van der Waals surface area contributed by atoms with E-state index in [1.165, 1.54) is 23.1 Å². The van der Waals surface area contributed by atoms with Gasteiger partial charge < -0.3 is 14.9 Å². The molecule has 4 rings (SSSR count). The van der Waals surface area contributed by atoms with Crippen molar-refractivity contribution in [1.29, 1.82) is 0 Å². The topological polar surface area (TPSA) is 26.7 Å². The first kappa shape index (κ1) is 21.3. The van der Waals surface area contributed by atoms with Crippen molar-refractivity contribution in [1.82, 2.24) is 9.80 Å². The van der Waals surface area contributed by atoms with Gasteiger partial charge in [-0.2, -0.15) is 0 Å². The van der Waals surface area contributed by atoms with E-state index in [1.807, 2.05) is 0 Å². The van der Waals surface area contributed by atoms with Gasteiger partial charge in [0.2, 0.25) is 0 Å². The normalized spacial score (nSPS) is 27.8. The maximum absolute atomic E-state index is 12.4. The second kappa shape index (κ2) is 9.91. The lowest BCUT2D eigenvalue weighted by molar-refractivity contribution is -0.00643. The Bertz CT molecular complexity index is 811. The highest BCUT2D eigenvalue weighted by Crippen LogP contribution is 2.40. The lowest BCUT2D eigenvalue weighted by atomic mass is 9.74. The number of hydrogen-bond donors (Lipinski definition) is 1. The summed E-state index contributed by atoms with van der Waals surface area (Å²) in [6, 6.07) is 21.1. The fourth-order valence-electron chi connectivity index (χ4n) is 5.12. The van der Waals surface area contributed by atoms with Gasteiger partial charge in [-0.15, -0.1) is 0 Å². The van der Waals surface area contributed by atoms with Crippen LogP contribution in [0, 0.1) is 5.92 Å². The third kappa shape index (κ3) is 5.21. The smallest absolute Gasteiger partial charge is 0.0940 e. The van der Waals surface area contributed by atoms with Gasteiger partial charge in [0.1, 0.15) is 0 Å². The average Bonchev–Trinajstić information content (AvgIpc) is 2.91. The Morgan fingerprint density at radius 3 is 2.30 bits per heavy atom. The minimum atomic E-state index is -0.795. The summed E-state index contributed by atoms with van der Waals surface area (Å²) in [5, 5.41) is 12.4. The summed E-state index contributed by atoms with van der Waals surface area (Å²) < 4.78 is 0. The van der Waals surface area contributed by atoms with Gasteiger partial charge in [0, 0.05) is 45.1 Å². The Hall–Kier alpha value is -1.94. The highest BCUT2D eigenvalue weighted by molar-refractivity contribution is 5.55. The molecule has 2 aromatic rings. The molecule has 2 fully saturated rings. The molecule has 1 aliphatic heterocycles. The molecular formula is C27H36N2O. The summed E-state index contributed by atoms with van der Waals surface area (Å²) in [5.41, 5.74) is 2.84. The fourth-order valence-corrected chi connectivity index (χ4v) is 5.12. The van der Waals surface area contributed by atoms with Crippen molar-refractivity contribution in [3.05, 3.63) is 77.4 Å². The first-order valence-corrected chi connectivity index (χ1v) is 11.6. The maximum atomic E-state index is 12.4. The number of aliphatic hydroxyl groups is 1. The van der Waals surface area contributed by atoms with Crippen LogP contribution in [-0.2, 0) is 6.42 Å². The van der Waals surface area contributed by atoms with Gasteiger partial charge in [-0.3, -0.25) is 0 Å². The molecule has 0 aromatic heterocycles. The summed E-state index contributed by atoms with van der Waals surface area (Å²) in [6.07, 6.45) is 7.41.